The van der Waals surface area contributed by atoms with Crippen molar-refractivity contribution in [2.75, 3.05) is 39.8 Å². The molecule has 150 valence electrons. The SMILES string of the molecule is COCCOCCS(=O)(=O)O.COc1ccc(/C(=N/O)C(F)(F)F)cc1. The topological polar surface area (TPSA) is 115 Å². The van der Waals surface area contributed by atoms with E-state index in [9.17, 15) is 21.6 Å². The first-order valence-corrected chi connectivity index (χ1v) is 8.61. The molecule has 26 heavy (non-hydrogen) atoms. The van der Waals surface area contributed by atoms with Gasteiger partial charge in [0.05, 0.1) is 32.7 Å². The second kappa shape index (κ2) is 11.7. The Morgan fingerprint density at radius 2 is 1.69 bits per heavy atom. The molecule has 0 aliphatic rings. The van der Waals surface area contributed by atoms with E-state index in [-0.39, 0.29) is 17.9 Å². The molecule has 8 nitrogen and oxygen atoms in total. The van der Waals surface area contributed by atoms with Crippen LogP contribution >= 0.6 is 0 Å². The van der Waals surface area contributed by atoms with Crippen molar-refractivity contribution in [3.63, 3.8) is 0 Å². The summed E-state index contributed by atoms with van der Waals surface area (Å²) in [6.07, 6.45) is -4.68. The number of hydrogen-bond donors (Lipinski definition) is 2. The molecule has 0 spiro atoms. The summed E-state index contributed by atoms with van der Waals surface area (Å²) in [5.74, 6) is 0.0645. The molecule has 0 amide bonds. The van der Waals surface area contributed by atoms with Gasteiger partial charge in [-0.15, -0.1) is 0 Å². The zero-order chi connectivity index (χ0) is 20.2. The maximum Gasteiger partial charge on any atom is 0.437 e. The summed E-state index contributed by atoms with van der Waals surface area (Å²) >= 11 is 0. The lowest BCUT2D eigenvalue weighted by Crippen LogP contribution is -2.23. The van der Waals surface area contributed by atoms with Gasteiger partial charge < -0.3 is 19.4 Å². The van der Waals surface area contributed by atoms with Crippen molar-refractivity contribution < 1.29 is 45.6 Å². The molecule has 0 saturated heterocycles. The van der Waals surface area contributed by atoms with Gasteiger partial charge in [0.15, 0.2) is 5.71 Å². The molecule has 1 rings (SSSR count). The van der Waals surface area contributed by atoms with Crippen molar-refractivity contribution >= 4 is 15.8 Å². The molecule has 0 atom stereocenters. The molecule has 0 aliphatic carbocycles. The van der Waals surface area contributed by atoms with E-state index in [2.05, 4.69) is 9.89 Å². The van der Waals surface area contributed by atoms with Crippen molar-refractivity contribution in [2.24, 2.45) is 5.16 Å². The Hall–Kier alpha value is -1.89. The second-order valence-corrected chi connectivity index (χ2v) is 6.14. The Labute approximate surface area is 148 Å². The zero-order valence-corrected chi connectivity index (χ0v) is 14.9. The number of oxime groups is 1. The predicted octanol–water partition coefficient (Wildman–Crippen LogP) is 1.97. The normalized spacial score (nSPS) is 12.3. The summed E-state index contributed by atoms with van der Waals surface area (Å²) in [5, 5.41) is 10.5. The van der Waals surface area contributed by atoms with Gasteiger partial charge in [-0.25, -0.2) is 0 Å². The van der Waals surface area contributed by atoms with Crippen molar-refractivity contribution in [3.05, 3.63) is 29.8 Å². The van der Waals surface area contributed by atoms with Crippen LogP contribution in [0.25, 0.3) is 0 Å². The molecule has 0 aliphatic heterocycles. The molecule has 0 fully saturated rings. The molecular weight excluding hydrogens is 383 g/mol. The van der Waals surface area contributed by atoms with E-state index in [1.807, 2.05) is 0 Å². The third kappa shape index (κ3) is 10.9. The van der Waals surface area contributed by atoms with Crippen molar-refractivity contribution in [1.29, 1.82) is 0 Å². The molecule has 0 bridgehead atoms. The van der Waals surface area contributed by atoms with Crippen LogP contribution in [0.2, 0.25) is 0 Å². The molecule has 1 aromatic carbocycles. The largest absolute Gasteiger partial charge is 0.497 e. The van der Waals surface area contributed by atoms with E-state index < -0.39 is 22.0 Å². The Balaban J connectivity index is 0.000000508. The number of methoxy groups -OCH3 is 2. The minimum atomic E-state index is -4.68. The molecule has 2 N–H and O–H groups in total. The van der Waals surface area contributed by atoms with E-state index in [4.69, 9.17) is 19.2 Å². The average molecular weight is 403 g/mol. The minimum Gasteiger partial charge on any atom is -0.497 e. The first-order chi connectivity index (χ1) is 12.0. The maximum atomic E-state index is 12.3. The number of halogens is 3. The fourth-order valence-electron chi connectivity index (χ4n) is 1.44. The van der Waals surface area contributed by atoms with Crippen LogP contribution in [0.15, 0.2) is 29.4 Å². The highest BCUT2D eigenvalue weighted by Crippen LogP contribution is 2.23. The van der Waals surface area contributed by atoms with Gasteiger partial charge >= 0.3 is 6.18 Å². The summed E-state index contributed by atoms with van der Waals surface area (Å²) in [6.45, 7) is 0.764. The van der Waals surface area contributed by atoms with Gasteiger partial charge in [0, 0.05) is 12.7 Å². The van der Waals surface area contributed by atoms with Crippen LogP contribution < -0.4 is 4.74 Å². The van der Waals surface area contributed by atoms with Crippen molar-refractivity contribution in [2.45, 2.75) is 6.18 Å². The number of benzene rings is 1. The molecular formula is C14H20F3NO7S. The van der Waals surface area contributed by atoms with Crippen LogP contribution in [-0.4, -0.2) is 69.9 Å². The lowest BCUT2D eigenvalue weighted by atomic mass is 10.1. The van der Waals surface area contributed by atoms with Gasteiger partial charge in [0.25, 0.3) is 10.1 Å². The smallest absolute Gasteiger partial charge is 0.437 e. The zero-order valence-electron chi connectivity index (χ0n) is 14.1. The molecule has 0 heterocycles. The van der Waals surface area contributed by atoms with Crippen LogP contribution in [0.4, 0.5) is 13.2 Å². The highest BCUT2D eigenvalue weighted by Gasteiger charge is 2.37. The van der Waals surface area contributed by atoms with Gasteiger partial charge in [0.1, 0.15) is 5.75 Å². The third-order valence-corrected chi connectivity index (χ3v) is 3.33. The molecule has 0 aromatic heterocycles. The monoisotopic (exact) mass is 403 g/mol. The average Bonchev–Trinajstić information content (AvgIpc) is 2.54. The molecule has 0 unspecified atom stereocenters. The van der Waals surface area contributed by atoms with Crippen LogP contribution in [-0.2, 0) is 19.6 Å². The molecule has 12 heteroatoms. The number of nitrogens with zero attached hydrogens (tertiary/aromatic N) is 1. The van der Waals surface area contributed by atoms with Gasteiger partial charge in [0.2, 0.25) is 0 Å². The van der Waals surface area contributed by atoms with Crippen LogP contribution in [0.5, 0.6) is 5.75 Å². The van der Waals surface area contributed by atoms with Crippen molar-refractivity contribution in [3.8, 4) is 5.75 Å². The summed E-state index contributed by atoms with van der Waals surface area (Å²) < 4.78 is 79.5. The molecule has 1 aromatic rings. The Kier molecular flexibility index (Phi) is 10.8. The highest BCUT2D eigenvalue weighted by molar-refractivity contribution is 7.85. The maximum absolute atomic E-state index is 12.3. The summed E-state index contributed by atoms with van der Waals surface area (Å²) in [4.78, 5) is 0. The summed E-state index contributed by atoms with van der Waals surface area (Å²) in [5.41, 5.74) is -1.55. The molecule has 0 radical (unpaired) electrons. The van der Waals surface area contributed by atoms with E-state index in [0.717, 1.165) is 0 Å². The lowest BCUT2D eigenvalue weighted by Gasteiger charge is -2.08. The minimum absolute atomic E-state index is 0.00218. The lowest BCUT2D eigenvalue weighted by molar-refractivity contribution is -0.0601. The predicted molar refractivity (Wildman–Crippen MR) is 86.5 cm³/mol. The molecule has 0 saturated carbocycles. The first kappa shape index (κ1) is 24.1. The third-order valence-electron chi connectivity index (χ3n) is 2.65. The fraction of sp³-hybridized carbons (Fsp3) is 0.500. The first-order valence-electron chi connectivity index (χ1n) is 7.00. The summed E-state index contributed by atoms with van der Waals surface area (Å²) in [6, 6.07) is 5.04. The standard InChI is InChI=1S/C9H8F3NO2.C5H12O5S/c1-15-7-4-2-6(3-5-7)8(13-14)9(10,11)12;1-9-2-3-10-4-5-11(6,7)8/h2-5,14H,1H3;2-5H2,1H3,(H,6,7,8)/b13-8-;. The number of alkyl halides is 3. The fourth-order valence-corrected chi connectivity index (χ4v) is 1.76. The van der Waals surface area contributed by atoms with E-state index in [1.54, 1.807) is 0 Å². The summed E-state index contributed by atoms with van der Waals surface area (Å²) in [7, 11) is -0.955. The highest BCUT2D eigenvalue weighted by atomic mass is 32.2. The Morgan fingerprint density at radius 3 is 2.08 bits per heavy atom. The van der Waals surface area contributed by atoms with E-state index in [1.165, 1.54) is 38.5 Å². The van der Waals surface area contributed by atoms with E-state index >= 15 is 0 Å². The number of rotatable bonds is 8. The van der Waals surface area contributed by atoms with Crippen LogP contribution in [0.1, 0.15) is 5.56 Å². The van der Waals surface area contributed by atoms with Gasteiger partial charge in [-0.2, -0.15) is 21.6 Å². The van der Waals surface area contributed by atoms with E-state index in [0.29, 0.717) is 19.0 Å². The Bertz CT molecular complexity index is 645. The van der Waals surface area contributed by atoms with Crippen molar-refractivity contribution in [1.82, 2.24) is 0 Å². The van der Waals surface area contributed by atoms with Crippen LogP contribution in [0, 0.1) is 0 Å². The van der Waals surface area contributed by atoms with Gasteiger partial charge in [-0.05, 0) is 24.3 Å². The van der Waals surface area contributed by atoms with Gasteiger partial charge in [-0.3, -0.25) is 4.55 Å². The van der Waals surface area contributed by atoms with Gasteiger partial charge in [-0.1, -0.05) is 5.16 Å². The number of hydrogen-bond acceptors (Lipinski definition) is 7. The number of ether oxygens (including phenoxy) is 3. The second-order valence-electron chi connectivity index (χ2n) is 4.57. The quantitative estimate of drug-likeness (QED) is 0.224. The Morgan fingerprint density at radius 1 is 1.12 bits per heavy atom. The van der Waals surface area contributed by atoms with Crippen LogP contribution in [0.3, 0.4) is 0 Å².